The Morgan fingerprint density at radius 2 is 2.22 bits per heavy atom. The number of hydrogen-bond acceptors (Lipinski definition) is 2. The van der Waals surface area contributed by atoms with Gasteiger partial charge in [-0.15, -0.1) is 0 Å². The summed E-state index contributed by atoms with van der Waals surface area (Å²) in [5.74, 6) is 1.33. The van der Waals surface area contributed by atoms with Crippen LogP contribution in [0.15, 0.2) is 16.6 Å². The van der Waals surface area contributed by atoms with Crippen LogP contribution in [0.5, 0.6) is 5.75 Å². The Balaban J connectivity index is 2.37. The summed E-state index contributed by atoms with van der Waals surface area (Å²) in [5, 5.41) is 0.688. The normalized spacial score (nSPS) is 25.2. The van der Waals surface area contributed by atoms with Crippen LogP contribution in [-0.4, -0.2) is 19.8 Å². The molecule has 1 aliphatic heterocycles. The molecule has 100 valence electrons. The van der Waals surface area contributed by atoms with E-state index < -0.39 is 0 Å². The average molecular weight is 399 g/mol. The molecule has 18 heavy (non-hydrogen) atoms. The van der Waals surface area contributed by atoms with Gasteiger partial charge in [-0.05, 0) is 40.4 Å². The van der Waals surface area contributed by atoms with Gasteiger partial charge in [0.15, 0.2) is 0 Å². The Morgan fingerprint density at radius 1 is 1.50 bits per heavy atom. The number of halogens is 3. The smallest absolute Gasteiger partial charge is 0.137 e. The minimum Gasteiger partial charge on any atom is -0.495 e. The molecular weight excluding hydrogens is 383 g/mol. The van der Waals surface area contributed by atoms with Crippen molar-refractivity contribution in [1.82, 2.24) is 0 Å². The van der Waals surface area contributed by atoms with Gasteiger partial charge in [-0.1, -0.05) is 34.5 Å². The minimum atomic E-state index is 0.0833. The van der Waals surface area contributed by atoms with Crippen molar-refractivity contribution in [3.8, 4) is 5.75 Å². The van der Waals surface area contributed by atoms with Gasteiger partial charge in [-0.2, -0.15) is 0 Å². The van der Waals surface area contributed by atoms with E-state index in [0.29, 0.717) is 10.9 Å². The zero-order chi connectivity index (χ0) is 13.3. The largest absolute Gasteiger partial charge is 0.495 e. The number of hydrogen-bond donors (Lipinski definition) is 0. The molecule has 0 aliphatic carbocycles. The van der Waals surface area contributed by atoms with Crippen LogP contribution in [-0.2, 0) is 4.74 Å². The highest BCUT2D eigenvalue weighted by atomic mass is 79.9. The highest BCUT2D eigenvalue weighted by Gasteiger charge is 2.33. The molecule has 3 atom stereocenters. The average Bonchev–Trinajstić information content (AvgIpc) is 2.73. The molecule has 5 heteroatoms. The Bertz CT molecular complexity index is 439. The molecule has 1 heterocycles. The summed E-state index contributed by atoms with van der Waals surface area (Å²) in [6.45, 7) is 3.02. The van der Waals surface area contributed by atoms with E-state index in [2.05, 4.69) is 38.8 Å². The van der Waals surface area contributed by atoms with Crippen LogP contribution < -0.4 is 4.74 Å². The first kappa shape index (κ1) is 14.6. The SMILES string of the molecule is COc1c(Br)cc(Cl)cc1C(Br)C1OCCC1C. The quantitative estimate of drug-likeness (QED) is 0.669. The number of ether oxygens (including phenoxy) is 2. The van der Waals surface area contributed by atoms with E-state index in [-0.39, 0.29) is 10.9 Å². The van der Waals surface area contributed by atoms with Crippen molar-refractivity contribution in [2.24, 2.45) is 5.92 Å². The zero-order valence-corrected chi connectivity index (χ0v) is 14.2. The number of rotatable bonds is 3. The molecule has 0 N–H and O–H groups in total. The monoisotopic (exact) mass is 396 g/mol. The second-order valence-electron chi connectivity index (χ2n) is 4.51. The summed E-state index contributed by atoms with van der Waals surface area (Å²) >= 11 is 13.3. The highest BCUT2D eigenvalue weighted by molar-refractivity contribution is 9.10. The standard InChI is InChI=1S/C13H15Br2ClO2/c1-7-3-4-18-12(7)11(15)9-5-8(16)6-10(14)13(9)17-2/h5-7,11-12H,3-4H2,1-2H3. The van der Waals surface area contributed by atoms with Gasteiger partial charge in [0, 0.05) is 17.2 Å². The van der Waals surface area contributed by atoms with E-state index >= 15 is 0 Å². The molecule has 1 saturated heterocycles. The molecule has 1 aromatic rings. The lowest BCUT2D eigenvalue weighted by Gasteiger charge is -2.23. The van der Waals surface area contributed by atoms with Gasteiger partial charge in [0.05, 0.1) is 22.5 Å². The summed E-state index contributed by atoms with van der Waals surface area (Å²) in [7, 11) is 1.66. The lowest BCUT2D eigenvalue weighted by Crippen LogP contribution is -2.19. The third kappa shape index (κ3) is 2.87. The predicted molar refractivity (Wildman–Crippen MR) is 80.9 cm³/mol. The third-order valence-corrected chi connectivity index (χ3v) is 5.09. The van der Waals surface area contributed by atoms with Crippen LogP contribution in [0, 0.1) is 5.92 Å². The van der Waals surface area contributed by atoms with Crippen LogP contribution in [0.1, 0.15) is 23.7 Å². The second-order valence-corrected chi connectivity index (χ2v) is 6.79. The summed E-state index contributed by atoms with van der Waals surface area (Å²) in [6, 6.07) is 3.77. The van der Waals surface area contributed by atoms with Crippen molar-refractivity contribution in [2.75, 3.05) is 13.7 Å². The maximum Gasteiger partial charge on any atom is 0.137 e. The molecule has 0 spiro atoms. The first-order valence-electron chi connectivity index (χ1n) is 5.83. The Hall–Kier alpha value is 0.230. The fourth-order valence-electron chi connectivity index (χ4n) is 2.27. The fraction of sp³-hybridized carbons (Fsp3) is 0.538. The maximum atomic E-state index is 6.12. The van der Waals surface area contributed by atoms with Gasteiger partial charge in [0.2, 0.25) is 0 Å². The van der Waals surface area contributed by atoms with E-state index in [4.69, 9.17) is 21.1 Å². The van der Waals surface area contributed by atoms with Crippen molar-refractivity contribution >= 4 is 43.5 Å². The molecule has 1 aliphatic rings. The van der Waals surface area contributed by atoms with Gasteiger partial charge in [-0.3, -0.25) is 0 Å². The molecule has 2 rings (SSSR count). The second kappa shape index (κ2) is 6.12. The molecule has 1 aromatic carbocycles. The number of benzene rings is 1. The van der Waals surface area contributed by atoms with Crippen molar-refractivity contribution < 1.29 is 9.47 Å². The maximum absolute atomic E-state index is 6.12. The molecule has 0 amide bonds. The van der Waals surface area contributed by atoms with Gasteiger partial charge in [-0.25, -0.2) is 0 Å². The zero-order valence-electron chi connectivity index (χ0n) is 10.3. The Labute approximate surface area is 129 Å². The van der Waals surface area contributed by atoms with Crippen molar-refractivity contribution in [2.45, 2.75) is 24.3 Å². The molecule has 0 saturated carbocycles. The first-order chi connectivity index (χ1) is 8.54. The van der Waals surface area contributed by atoms with E-state index in [1.54, 1.807) is 7.11 Å². The lowest BCUT2D eigenvalue weighted by molar-refractivity contribution is 0.0929. The molecule has 1 fully saturated rings. The number of alkyl halides is 1. The Morgan fingerprint density at radius 3 is 2.78 bits per heavy atom. The van der Waals surface area contributed by atoms with Gasteiger partial charge < -0.3 is 9.47 Å². The summed E-state index contributed by atoms with van der Waals surface area (Å²) < 4.78 is 12.1. The molecule has 0 bridgehead atoms. The van der Waals surface area contributed by atoms with Crippen LogP contribution >= 0.6 is 43.5 Å². The predicted octanol–water partition coefficient (Wildman–Crippen LogP) is 4.97. The Kier molecular flexibility index (Phi) is 4.98. The van der Waals surface area contributed by atoms with Crippen molar-refractivity contribution in [1.29, 1.82) is 0 Å². The van der Waals surface area contributed by atoms with Crippen LogP contribution in [0.25, 0.3) is 0 Å². The van der Waals surface area contributed by atoms with Crippen LogP contribution in [0.2, 0.25) is 5.02 Å². The van der Waals surface area contributed by atoms with E-state index in [0.717, 1.165) is 28.8 Å². The van der Waals surface area contributed by atoms with Crippen molar-refractivity contribution in [3.63, 3.8) is 0 Å². The molecule has 2 nitrogen and oxygen atoms in total. The van der Waals surface area contributed by atoms with Gasteiger partial charge in [0.25, 0.3) is 0 Å². The van der Waals surface area contributed by atoms with Crippen molar-refractivity contribution in [3.05, 3.63) is 27.2 Å². The minimum absolute atomic E-state index is 0.0833. The molecular formula is C13H15Br2ClO2. The van der Waals surface area contributed by atoms with Gasteiger partial charge >= 0.3 is 0 Å². The van der Waals surface area contributed by atoms with E-state index in [1.807, 2.05) is 12.1 Å². The summed E-state index contributed by atoms with van der Waals surface area (Å²) in [4.78, 5) is 0.0833. The summed E-state index contributed by atoms with van der Waals surface area (Å²) in [5.41, 5.74) is 1.02. The summed E-state index contributed by atoms with van der Waals surface area (Å²) in [6.07, 6.45) is 1.25. The topological polar surface area (TPSA) is 18.5 Å². The van der Waals surface area contributed by atoms with Crippen LogP contribution in [0.4, 0.5) is 0 Å². The van der Waals surface area contributed by atoms with Crippen LogP contribution in [0.3, 0.4) is 0 Å². The van der Waals surface area contributed by atoms with Gasteiger partial charge in [0.1, 0.15) is 5.75 Å². The van der Waals surface area contributed by atoms with E-state index in [1.165, 1.54) is 0 Å². The highest BCUT2D eigenvalue weighted by Crippen LogP contribution is 2.44. The van der Waals surface area contributed by atoms with E-state index in [9.17, 15) is 0 Å². The lowest BCUT2D eigenvalue weighted by atomic mass is 9.97. The first-order valence-corrected chi connectivity index (χ1v) is 7.92. The molecule has 3 unspecified atom stereocenters. The molecule has 0 radical (unpaired) electrons. The fourth-order valence-corrected chi connectivity index (χ4v) is 4.28. The third-order valence-electron chi connectivity index (χ3n) is 3.27. The molecule has 0 aromatic heterocycles. The number of methoxy groups -OCH3 is 1.